The van der Waals surface area contributed by atoms with E-state index in [-0.39, 0.29) is 24.0 Å². The van der Waals surface area contributed by atoms with E-state index in [0.717, 1.165) is 27.8 Å². The third-order valence-corrected chi connectivity index (χ3v) is 8.27. The highest BCUT2D eigenvalue weighted by atomic mass is 19.1. The molecule has 49 heavy (non-hydrogen) atoms. The van der Waals surface area contributed by atoms with Gasteiger partial charge in [-0.15, -0.1) is 0 Å². The van der Waals surface area contributed by atoms with E-state index in [1.54, 1.807) is 18.2 Å². The molecule has 0 aliphatic heterocycles. The number of fused-ring (bicyclic) bond motifs is 1. The highest BCUT2D eigenvalue weighted by Crippen LogP contribution is 2.32. The molecule has 2 heterocycles. The van der Waals surface area contributed by atoms with E-state index in [0.29, 0.717) is 41.6 Å². The fourth-order valence-corrected chi connectivity index (χ4v) is 5.60. The smallest absolute Gasteiger partial charge is 0.404 e. The zero-order valence-corrected chi connectivity index (χ0v) is 27.7. The molecule has 3 aromatic carbocycles. The Bertz CT molecular complexity index is 2040. The average molecular weight is 669 g/mol. The van der Waals surface area contributed by atoms with E-state index in [2.05, 4.69) is 20.9 Å². The van der Waals surface area contributed by atoms with Crippen LogP contribution in [0, 0.1) is 24.0 Å². The monoisotopic (exact) mass is 668 g/mol. The van der Waals surface area contributed by atoms with E-state index in [1.165, 1.54) is 18.2 Å². The lowest BCUT2D eigenvalue weighted by molar-refractivity contribution is 0.0954. The number of carbonyl (C=O) groups excluding carboxylic acids is 1. The molecule has 1 atom stereocenters. The predicted molar refractivity (Wildman–Crippen MR) is 185 cm³/mol. The van der Waals surface area contributed by atoms with Crippen LogP contribution in [0.4, 0.5) is 19.5 Å². The third kappa shape index (κ3) is 8.08. The highest BCUT2D eigenvalue weighted by molar-refractivity contribution is 5.98. The van der Waals surface area contributed by atoms with Crippen molar-refractivity contribution < 1.29 is 23.5 Å². The van der Waals surface area contributed by atoms with Crippen molar-refractivity contribution in [3.8, 4) is 16.9 Å². The zero-order chi connectivity index (χ0) is 35.3. The van der Waals surface area contributed by atoms with Crippen LogP contribution in [-0.2, 0) is 6.42 Å². The maximum absolute atomic E-state index is 15.1. The van der Waals surface area contributed by atoms with Crippen LogP contribution < -0.4 is 21.5 Å². The van der Waals surface area contributed by atoms with Gasteiger partial charge >= 0.3 is 6.09 Å². The Labute approximate surface area is 282 Å². The van der Waals surface area contributed by atoms with Gasteiger partial charge in [-0.25, -0.2) is 18.6 Å². The Morgan fingerprint density at radius 1 is 0.918 bits per heavy atom. The fourth-order valence-electron chi connectivity index (χ4n) is 5.60. The number of aryl methyl sites for hydroxylation is 1. The van der Waals surface area contributed by atoms with Crippen LogP contribution in [0.5, 0.6) is 0 Å². The van der Waals surface area contributed by atoms with Crippen LogP contribution in [0.15, 0.2) is 83.7 Å². The second kappa shape index (κ2) is 14.6. The topological polar surface area (TPSA) is 138 Å². The Hall–Kier alpha value is -5.65. The van der Waals surface area contributed by atoms with Crippen molar-refractivity contribution in [1.29, 1.82) is 0 Å². The zero-order valence-electron chi connectivity index (χ0n) is 27.7. The minimum absolute atomic E-state index is 0.0405. The summed E-state index contributed by atoms with van der Waals surface area (Å²) in [5.41, 5.74) is 1.32. The number of hydrogen-bond donors (Lipinski definition) is 4. The van der Waals surface area contributed by atoms with Gasteiger partial charge in [-0.1, -0.05) is 63.2 Å². The SMILES string of the molecule is Cc1ccc(C(=O)NCCc2ccccc2)cc1-c1nc(NCCC(NC(=O)O)C(C)(C)C)nc2c1ccc(=O)n2-c1c(F)cccc1F. The third-order valence-electron chi connectivity index (χ3n) is 8.27. The van der Waals surface area contributed by atoms with Gasteiger partial charge < -0.3 is 21.1 Å². The lowest BCUT2D eigenvalue weighted by Crippen LogP contribution is -2.44. The molecule has 0 bridgehead atoms. The van der Waals surface area contributed by atoms with Crippen molar-refractivity contribution in [1.82, 2.24) is 25.2 Å². The summed E-state index contributed by atoms with van der Waals surface area (Å²) >= 11 is 0. The highest BCUT2D eigenvalue weighted by Gasteiger charge is 2.26. The molecule has 0 radical (unpaired) electrons. The summed E-state index contributed by atoms with van der Waals surface area (Å²) in [5, 5.41) is 18.3. The van der Waals surface area contributed by atoms with Crippen molar-refractivity contribution in [3.05, 3.63) is 118 Å². The summed E-state index contributed by atoms with van der Waals surface area (Å²) in [6, 6.07) is 20.5. The molecular weight excluding hydrogens is 630 g/mol. The van der Waals surface area contributed by atoms with Gasteiger partial charge in [0.25, 0.3) is 11.5 Å². The number of nitrogens with one attached hydrogen (secondary N) is 3. The first kappa shape index (κ1) is 34.7. The lowest BCUT2D eigenvalue weighted by atomic mass is 9.85. The number of halogens is 2. The number of rotatable bonds is 11. The Kier molecular flexibility index (Phi) is 10.4. The second-order valence-corrected chi connectivity index (χ2v) is 12.8. The first-order valence-electron chi connectivity index (χ1n) is 15.9. The van der Waals surface area contributed by atoms with Gasteiger partial charge in [0.05, 0.1) is 5.69 Å². The van der Waals surface area contributed by atoms with Crippen LogP contribution in [0.2, 0.25) is 0 Å². The second-order valence-electron chi connectivity index (χ2n) is 12.8. The largest absolute Gasteiger partial charge is 0.465 e. The molecule has 12 heteroatoms. The van der Waals surface area contributed by atoms with Crippen LogP contribution >= 0.6 is 0 Å². The Morgan fingerprint density at radius 2 is 1.63 bits per heavy atom. The summed E-state index contributed by atoms with van der Waals surface area (Å²) in [5.74, 6) is -2.16. The number of pyridine rings is 1. The van der Waals surface area contributed by atoms with Gasteiger partial charge in [0.1, 0.15) is 17.3 Å². The Balaban J connectivity index is 1.58. The molecule has 0 spiro atoms. The van der Waals surface area contributed by atoms with E-state index in [1.807, 2.05) is 58.0 Å². The van der Waals surface area contributed by atoms with Gasteiger partial charge in [-0.05, 0) is 66.6 Å². The standard InChI is InChI=1S/C37H38F2N6O4/c1-22-13-14-24(34(47)40-19-17-23-9-6-5-7-10-23)21-26(22)31-25-15-16-30(46)45(32-27(38)11-8-12-28(32)39)33(25)44-35(43-31)41-20-18-29(37(2,3)4)42-36(48)49/h5-16,21,29,42H,17-20H2,1-4H3,(H,40,47)(H,48,49)(H,41,43,44). The molecule has 5 rings (SSSR count). The summed E-state index contributed by atoms with van der Waals surface area (Å²) in [6.45, 7) is 8.21. The van der Waals surface area contributed by atoms with Crippen LogP contribution in [0.1, 0.15) is 48.7 Å². The molecule has 0 aliphatic carbocycles. The quantitative estimate of drug-likeness (QED) is 0.126. The average Bonchev–Trinajstić information content (AvgIpc) is 3.05. The number of amides is 2. The maximum atomic E-state index is 15.1. The lowest BCUT2D eigenvalue weighted by Gasteiger charge is -2.30. The number of hydrogen-bond acceptors (Lipinski definition) is 6. The first-order chi connectivity index (χ1) is 23.3. The maximum Gasteiger partial charge on any atom is 0.404 e. The van der Waals surface area contributed by atoms with Crippen LogP contribution in [-0.4, -0.2) is 50.8 Å². The first-order valence-corrected chi connectivity index (χ1v) is 15.9. The van der Waals surface area contributed by atoms with Gasteiger partial charge in [0.15, 0.2) is 5.65 Å². The summed E-state index contributed by atoms with van der Waals surface area (Å²) in [6.07, 6.45) is -0.146. The molecule has 0 saturated heterocycles. The molecule has 0 aliphatic rings. The van der Waals surface area contributed by atoms with Crippen LogP contribution in [0.3, 0.4) is 0 Å². The van der Waals surface area contributed by atoms with E-state index < -0.39 is 40.4 Å². The molecule has 0 saturated carbocycles. The molecule has 4 N–H and O–H groups in total. The number of aromatic nitrogens is 3. The van der Waals surface area contributed by atoms with Crippen molar-refractivity contribution in [2.24, 2.45) is 5.41 Å². The summed E-state index contributed by atoms with van der Waals surface area (Å²) < 4.78 is 31.1. The van der Waals surface area contributed by atoms with Gasteiger partial charge in [0.2, 0.25) is 5.95 Å². The molecule has 2 amide bonds. The van der Waals surface area contributed by atoms with Crippen molar-refractivity contribution >= 4 is 29.0 Å². The number of carboxylic acid groups (broad SMARTS) is 1. The number of nitrogens with zero attached hydrogens (tertiary/aromatic N) is 3. The number of anilines is 1. The van der Waals surface area contributed by atoms with Crippen molar-refractivity contribution in [2.75, 3.05) is 18.4 Å². The Morgan fingerprint density at radius 3 is 2.31 bits per heavy atom. The summed E-state index contributed by atoms with van der Waals surface area (Å²) in [7, 11) is 0. The molecule has 2 aromatic heterocycles. The molecule has 254 valence electrons. The normalized spacial score (nSPS) is 12.0. The number of carbonyl (C=O) groups is 2. The van der Waals surface area contributed by atoms with Crippen molar-refractivity contribution in [2.45, 2.75) is 46.6 Å². The van der Waals surface area contributed by atoms with Gasteiger partial charge in [0, 0.05) is 41.7 Å². The van der Waals surface area contributed by atoms with E-state index in [4.69, 9.17) is 4.98 Å². The molecule has 10 nitrogen and oxygen atoms in total. The fraction of sp³-hybridized carbons (Fsp3) is 0.270. The number of benzene rings is 3. The van der Waals surface area contributed by atoms with Gasteiger partial charge in [-0.3, -0.25) is 14.2 Å². The summed E-state index contributed by atoms with van der Waals surface area (Å²) in [4.78, 5) is 47.3. The minimum Gasteiger partial charge on any atom is -0.465 e. The van der Waals surface area contributed by atoms with E-state index in [9.17, 15) is 19.5 Å². The van der Waals surface area contributed by atoms with Gasteiger partial charge in [-0.2, -0.15) is 4.98 Å². The molecule has 1 unspecified atom stereocenters. The number of para-hydroxylation sites is 1. The van der Waals surface area contributed by atoms with Crippen LogP contribution in [0.25, 0.3) is 28.0 Å². The molecule has 5 aromatic rings. The molecular formula is C37H38F2N6O4. The van der Waals surface area contributed by atoms with Crippen molar-refractivity contribution in [3.63, 3.8) is 0 Å². The predicted octanol–water partition coefficient (Wildman–Crippen LogP) is 6.49. The minimum atomic E-state index is -1.15. The van der Waals surface area contributed by atoms with E-state index >= 15 is 8.78 Å². The molecule has 0 fully saturated rings.